The van der Waals surface area contributed by atoms with Gasteiger partial charge in [0.15, 0.2) is 0 Å². The number of aromatic nitrogens is 2. The summed E-state index contributed by atoms with van der Waals surface area (Å²) in [6, 6.07) is 23.6. The Morgan fingerprint density at radius 2 is 1.83 bits per heavy atom. The largest absolute Gasteiger partial charge is 0.337 e. The molecule has 3 atom stereocenters. The van der Waals surface area contributed by atoms with Gasteiger partial charge in [0, 0.05) is 42.0 Å². The van der Waals surface area contributed by atoms with Crippen LogP contribution in [0.1, 0.15) is 81.4 Å². The van der Waals surface area contributed by atoms with E-state index in [2.05, 4.69) is 53.9 Å². The molecule has 5 nitrogen and oxygen atoms in total. The van der Waals surface area contributed by atoms with E-state index in [-0.39, 0.29) is 35.0 Å². The fourth-order valence-corrected chi connectivity index (χ4v) is 6.70. The third-order valence-corrected chi connectivity index (χ3v) is 9.37. The molecule has 42 heavy (non-hydrogen) atoms. The van der Waals surface area contributed by atoms with E-state index in [0.29, 0.717) is 6.54 Å². The van der Waals surface area contributed by atoms with Crippen LogP contribution in [0.5, 0.6) is 0 Å². The van der Waals surface area contributed by atoms with E-state index in [9.17, 15) is 9.18 Å². The van der Waals surface area contributed by atoms with Crippen molar-refractivity contribution < 1.29 is 9.18 Å². The van der Waals surface area contributed by atoms with E-state index in [1.54, 1.807) is 18.3 Å². The molecule has 1 saturated carbocycles. The molecule has 0 aliphatic heterocycles. The number of rotatable bonds is 8. The summed E-state index contributed by atoms with van der Waals surface area (Å²) >= 11 is 1.53. The van der Waals surface area contributed by atoms with Crippen molar-refractivity contribution in [3.05, 3.63) is 114 Å². The standard InChI is InChI=1S/C33H35FN4OS.C2H6/c1-33(2)16-15-30(36-40-25-12-9-23(34)10-13-25)28-19-24(11-14-29(28)33)38(21-31-35-17-18-37(31)3)32(39)27-20-26(27)22-7-5-4-6-8-22;1-2/h4-14,17-19,26-27,30,36H,15-16,20-21H2,1-3H3;1-2H3. The van der Waals surface area contributed by atoms with Crippen molar-refractivity contribution in [3.8, 4) is 0 Å². The van der Waals surface area contributed by atoms with Gasteiger partial charge in [0.2, 0.25) is 5.91 Å². The predicted octanol–water partition coefficient (Wildman–Crippen LogP) is 8.33. The molecule has 1 N–H and O–H groups in total. The lowest BCUT2D eigenvalue weighted by molar-refractivity contribution is -0.120. The molecule has 6 rings (SSSR count). The summed E-state index contributed by atoms with van der Waals surface area (Å²) in [5, 5.41) is 0. The number of hydrogen-bond acceptors (Lipinski definition) is 4. The lowest BCUT2D eigenvalue weighted by Crippen LogP contribution is -2.35. The maximum absolute atomic E-state index is 14.1. The minimum atomic E-state index is -0.235. The maximum Gasteiger partial charge on any atom is 0.231 e. The van der Waals surface area contributed by atoms with Crippen molar-refractivity contribution in [2.24, 2.45) is 13.0 Å². The van der Waals surface area contributed by atoms with Crippen LogP contribution in [-0.4, -0.2) is 15.5 Å². The van der Waals surface area contributed by atoms with Gasteiger partial charge in [-0.2, -0.15) is 0 Å². The number of imidazole rings is 1. The van der Waals surface area contributed by atoms with Crippen LogP contribution in [0.15, 0.2) is 90.1 Å². The molecule has 1 heterocycles. The smallest absolute Gasteiger partial charge is 0.231 e. The zero-order chi connectivity index (χ0) is 29.9. The second-order valence-corrected chi connectivity index (χ2v) is 12.6. The molecule has 0 saturated heterocycles. The number of hydrogen-bond donors (Lipinski definition) is 1. The fraction of sp³-hybridized carbons (Fsp3) is 0.371. The summed E-state index contributed by atoms with van der Waals surface area (Å²) in [6.45, 7) is 9.01. The van der Waals surface area contributed by atoms with Crippen molar-refractivity contribution in [2.75, 3.05) is 4.90 Å². The van der Waals surface area contributed by atoms with Crippen LogP contribution in [0.3, 0.4) is 0 Å². The molecule has 1 amide bonds. The minimum Gasteiger partial charge on any atom is -0.337 e. The summed E-state index contributed by atoms with van der Waals surface area (Å²) < 4.78 is 19.0. The molecule has 0 radical (unpaired) electrons. The van der Waals surface area contributed by atoms with Crippen LogP contribution in [-0.2, 0) is 23.8 Å². The number of amides is 1. The van der Waals surface area contributed by atoms with Crippen LogP contribution in [0.4, 0.5) is 10.1 Å². The van der Waals surface area contributed by atoms with E-state index >= 15 is 0 Å². The van der Waals surface area contributed by atoms with Gasteiger partial charge in [-0.05, 0) is 95.6 Å². The molecule has 3 aromatic carbocycles. The first-order chi connectivity index (χ1) is 20.3. The van der Waals surface area contributed by atoms with E-state index in [0.717, 1.165) is 35.7 Å². The van der Waals surface area contributed by atoms with E-state index < -0.39 is 0 Å². The zero-order valence-electron chi connectivity index (χ0n) is 25.2. The summed E-state index contributed by atoms with van der Waals surface area (Å²) in [5.74, 6) is 0.997. The van der Waals surface area contributed by atoms with E-state index in [1.807, 2.05) is 54.8 Å². The predicted molar refractivity (Wildman–Crippen MR) is 170 cm³/mol. The van der Waals surface area contributed by atoms with Crippen molar-refractivity contribution in [2.45, 2.75) is 75.8 Å². The summed E-state index contributed by atoms with van der Waals surface area (Å²) in [5.41, 5.74) is 4.69. The maximum atomic E-state index is 14.1. The Labute approximate surface area is 253 Å². The molecule has 7 heteroatoms. The number of nitrogens with one attached hydrogen (secondary N) is 1. The van der Waals surface area contributed by atoms with Gasteiger partial charge >= 0.3 is 0 Å². The highest BCUT2D eigenvalue weighted by molar-refractivity contribution is 7.97. The minimum absolute atomic E-state index is 0.0295. The summed E-state index contributed by atoms with van der Waals surface area (Å²) in [4.78, 5) is 21.5. The number of benzene rings is 3. The lowest BCUT2D eigenvalue weighted by atomic mass is 9.71. The van der Waals surface area contributed by atoms with Gasteiger partial charge in [0.1, 0.15) is 11.6 Å². The Morgan fingerprint density at radius 1 is 1.10 bits per heavy atom. The van der Waals surface area contributed by atoms with Crippen molar-refractivity contribution in [1.29, 1.82) is 0 Å². The molecule has 3 unspecified atom stereocenters. The Hall–Kier alpha value is -3.42. The van der Waals surface area contributed by atoms with Crippen LogP contribution >= 0.6 is 11.9 Å². The van der Waals surface area contributed by atoms with Crippen LogP contribution in [0.2, 0.25) is 0 Å². The first-order valence-electron chi connectivity index (χ1n) is 14.9. The van der Waals surface area contributed by atoms with E-state index in [4.69, 9.17) is 0 Å². The third kappa shape index (κ3) is 6.47. The number of aryl methyl sites for hydroxylation is 1. The van der Waals surface area contributed by atoms with Crippen LogP contribution < -0.4 is 9.62 Å². The topological polar surface area (TPSA) is 50.2 Å². The number of carbonyl (C=O) groups is 1. The molecule has 2 aliphatic rings. The average Bonchev–Trinajstić information content (AvgIpc) is 3.72. The second kappa shape index (κ2) is 12.8. The van der Waals surface area contributed by atoms with Gasteiger partial charge in [-0.3, -0.25) is 9.52 Å². The number of nitrogens with zero attached hydrogens (tertiary/aromatic N) is 3. The van der Waals surface area contributed by atoms with E-state index in [1.165, 1.54) is 40.8 Å². The van der Waals surface area contributed by atoms with Crippen LogP contribution in [0, 0.1) is 11.7 Å². The highest BCUT2D eigenvalue weighted by atomic mass is 32.2. The zero-order valence-corrected chi connectivity index (χ0v) is 26.0. The van der Waals surface area contributed by atoms with Gasteiger partial charge in [-0.15, -0.1) is 0 Å². The van der Waals surface area contributed by atoms with Crippen LogP contribution in [0.25, 0.3) is 0 Å². The van der Waals surface area contributed by atoms with Crippen molar-refractivity contribution >= 4 is 23.5 Å². The number of halogens is 1. The highest BCUT2D eigenvalue weighted by Crippen LogP contribution is 2.50. The number of fused-ring (bicyclic) bond motifs is 1. The molecule has 0 spiro atoms. The molecular formula is C35H41FN4OS. The molecule has 1 aromatic heterocycles. The quantitative estimate of drug-likeness (QED) is 0.212. The van der Waals surface area contributed by atoms with Gasteiger partial charge in [0.05, 0.1) is 6.54 Å². The Kier molecular flexibility index (Phi) is 9.19. The van der Waals surface area contributed by atoms with Gasteiger partial charge in [0.25, 0.3) is 0 Å². The Balaban J connectivity index is 0.00000173. The Bertz CT molecular complexity index is 1500. The lowest BCUT2D eigenvalue weighted by Gasteiger charge is -2.38. The SMILES string of the molecule is CC.Cn1ccnc1CN(C(=O)C1CC1c1ccccc1)c1ccc2c(c1)C(NSc1ccc(F)cc1)CCC2(C)C. The normalized spacial score (nSPS) is 20.2. The van der Waals surface area contributed by atoms with Crippen molar-refractivity contribution in [3.63, 3.8) is 0 Å². The number of carbonyl (C=O) groups excluding carboxylic acids is 1. The summed E-state index contributed by atoms with van der Waals surface area (Å²) in [6.07, 6.45) is 6.60. The molecular weight excluding hydrogens is 543 g/mol. The Morgan fingerprint density at radius 3 is 2.52 bits per heavy atom. The van der Waals surface area contributed by atoms with Crippen molar-refractivity contribution in [1.82, 2.24) is 14.3 Å². The van der Waals surface area contributed by atoms with Gasteiger partial charge in [-0.25, -0.2) is 9.37 Å². The first kappa shape index (κ1) is 30.1. The third-order valence-electron chi connectivity index (χ3n) is 8.46. The molecule has 4 aromatic rings. The monoisotopic (exact) mass is 584 g/mol. The number of anilines is 1. The highest BCUT2D eigenvalue weighted by Gasteiger charge is 2.46. The molecule has 2 aliphatic carbocycles. The summed E-state index contributed by atoms with van der Waals surface area (Å²) in [7, 11) is 1.97. The fourth-order valence-electron chi connectivity index (χ4n) is 5.91. The molecule has 220 valence electrons. The second-order valence-electron chi connectivity index (χ2n) is 11.7. The molecule has 1 fully saturated rings. The van der Waals surface area contributed by atoms with Gasteiger partial charge in [-0.1, -0.05) is 64.1 Å². The van der Waals surface area contributed by atoms with Gasteiger partial charge < -0.3 is 9.47 Å². The average molecular weight is 585 g/mol. The first-order valence-corrected chi connectivity index (χ1v) is 15.8. The molecule has 0 bridgehead atoms.